The summed E-state index contributed by atoms with van der Waals surface area (Å²) in [5.74, 6) is 7.11. The van der Waals surface area contributed by atoms with E-state index in [1.165, 1.54) is 57.1 Å². The van der Waals surface area contributed by atoms with E-state index in [-0.39, 0.29) is 6.71 Å². The Kier molecular flexibility index (Phi) is 6.54. The SMILES string of the molecule is CCCCC#CB(c1c(C)cc(C)cc1C)c1c(C)cc(C)cc1C. The van der Waals surface area contributed by atoms with Crippen LogP contribution in [0.4, 0.5) is 0 Å². The summed E-state index contributed by atoms with van der Waals surface area (Å²) in [5, 5.41) is 0. The Balaban J connectivity index is 2.65. The van der Waals surface area contributed by atoms with Crippen LogP contribution in [0.25, 0.3) is 0 Å². The minimum absolute atomic E-state index is 0.165. The van der Waals surface area contributed by atoms with Crippen LogP contribution in [-0.4, -0.2) is 6.71 Å². The molecule has 0 fully saturated rings. The zero-order chi connectivity index (χ0) is 18.6. The highest BCUT2D eigenvalue weighted by molar-refractivity contribution is 6.92. The Morgan fingerprint density at radius 1 is 0.720 bits per heavy atom. The first-order valence-electron chi connectivity index (χ1n) is 9.49. The number of benzene rings is 2. The highest BCUT2D eigenvalue weighted by atomic mass is 14.1. The van der Waals surface area contributed by atoms with Crippen molar-refractivity contribution in [2.75, 3.05) is 0 Å². The summed E-state index contributed by atoms with van der Waals surface area (Å²) in [5.41, 5.74) is 10.9. The molecular weight excluding hydrogens is 299 g/mol. The molecule has 0 atom stereocenters. The first kappa shape index (κ1) is 19.4. The lowest BCUT2D eigenvalue weighted by atomic mass is 9.38. The summed E-state index contributed by atoms with van der Waals surface area (Å²) in [6.45, 7) is 15.7. The third-order valence-corrected chi connectivity index (χ3v) is 4.96. The monoisotopic (exact) mass is 330 g/mol. The van der Waals surface area contributed by atoms with Crippen molar-refractivity contribution in [3.05, 3.63) is 57.6 Å². The third kappa shape index (κ3) is 4.58. The molecule has 0 radical (unpaired) electrons. The van der Waals surface area contributed by atoms with Crippen LogP contribution in [-0.2, 0) is 0 Å². The summed E-state index contributed by atoms with van der Waals surface area (Å²) in [6, 6.07) is 9.17. The smallest absolute Gasteiger partial charge is 0.142 e. The molecule has 0 aliphatic heterocycles. The zero-order valence-corrected chi connectivity index (χ0v) is 17.0. The molecule has 0 aliphatic carbocycles. The van der Waals surface area contributed by atoms with Gasteiger partial charge in [0.2, 0.25) is 0 Å². The van der Waals surface area contributed by atoms with Gasteiger partial charge < -0.3 is 0 Å². The van der Waals surface area contributed by atoms with Crippen molar-refractivity contribution in [2.24, 2.45) is 0 Å². The molecule has 0 bridgehead atoms. The molecule has 0 aromatic heterocycles. The van der Waals surface area contributed by atoms with Crippen LogP contribution in [0.1, 0.15) is 59.6 Å². The molecule has 2 rings (SSSR count). The van der Waals surface area contributed by atoms with E-state index in [9.17, 15) is 0 Å². The van der Waals surface area contributed by atoms with Gasteiger partial charge in [-0.15, -0.1) is 11.7 Å². The first-order valence-corrected chi connectivity index (χ1v) is 9.49. The Morgan fingerprint density at radius 3 is 1.48 bits per heavy atom. The maximum Gasteiger partial charge on any atom is 0.297 e. The summed E-state index contributed by atoms with van der Waals surface area (Å²) in [4.78, 5) is 0. The van der Waals surface area contributed by atoms with Gasteiger partial charge in [-0.3, -0.25) is 0 Å². The second-order valence-electron chi connectivity index (χ2n) is 7.48. The summed E-state index contributed by atoms with van der Waals surface area (Å²) < 4.78 is 0. The molecule has 0 unspecified atom stereocenters. The molecule has 0 saturated heterocycles. The third-order valence-electron chi connectivity index (χ3n) is 4.96. The molecule has 0 saturated carbocycles. The normalized spacial score (nSPS) is 10.4. The van der Waals surface area contributed by atoms with Gasteiger partial charge in [0.15, 0.2) is 0 Å². The van der Waals surface area contributed by atoms with Crippen molar-refractivity contribution < 1.29 is 0 Å². The fraction of sp³-hybridized carbons (Fsp3) is 0.417. The fourth-order valence-corrected chi connectivity index (χ4v) is 4.02. The molecule has 0 aliphatic rings. The van der Waals surface area contributed by atoms with E-state index < -0.39 is 0 Å². The van der Waals surface area contributed by atoms with Crippen LogP contribution in [0.5, 0.6) is 0 Å². The predicted octanol–water partition coefficient (Wildman–Crippen LogP) is 4.88. The number of rotatable bonds is 4. The lowest BCUT2D eigenvalue weighted by molar-refractivity contribution is 0.828. The molecule has 2 aromatic rings. The van der Waals surface area contributed by atoms with Crippen molar-refractivity contribution in [1.82, 2.24) is 0 Å². The van der Waals surface area contributed by atoms with Crippen molar-refractivity contribution in [1.29, 1.82) is 0 Å². The molecule has 130 valence electrons. The van der Waals surface area contributed by atoms with E-state index in [2.05, 4.69) is 84.5 Å². The Hall–Kier alpha value is -1.94. The van der Waals surface area contributed by atoms with Crippen LogP contribution < -0.4 is 10.9 Å². The zero-order valence-electron chi connectivity index (χ0n) is 17.0. The van der Waals surface area contributed by atoms with Gasteiger partial charge in [0.1, 0.15) is 0 Å². The fourth-order valence-electron chi connectivity index (χ4n) is 4.02. The molecule has 2 aromatic carbocycles. The van der Waals surface area contributed by atoms with Gasteiger partial charge in [0, 0.05) is 6.42 Å². The van der Waals surface area contributed by atoms with Gasteiger partial charge >= 0.3 is 0 Å². The Bertz CT molecular complexity index is 714. The van der Waals surface area contributed by atoms with Gasteiger partial charge in [0.05, 0.1) is 0 Å². The minimum atomic E-state index is 0.165. The highest BCUT2D eigenvalue weighted by Gasteiger charge is 2.25. The van der Waals surface area contributed by atoms with Crippen molar-refractivity contribution in [3.63, 3.8) is 0 Å². The number of aryl methyl sites for hydroxylation is 6. The van der Waals surface area contributed by atoms with Crippen LogP contribution >= 0.6 is 0 Å². The van der Waals surface area contributed by atoms with Crippen LogP contribution in [0.3, 0.4) is 0 Å². The van der Waals surface area contributed by atoms with E-state index >= 15 is 0 Å². The number of unbranched alkanes of at least 4 members (excludes halogenated alkanes) is 2. The van der Waals surface area contributed by atoms with Crippen LogP contribution in [0, 0.1) is 53.3 Å². The molecule has 0 amide bonds. The molecule has 0 spiro atoms. The van der Waals surface area contributed by atoms with Gasteiger partial charge in [0.25, 0.3) is 6.71 Å². The van der Waals surface area contributed by atoms with Crippen molar-refractivity contribution in [3.8, 4) is 11.7 Å². The second kappa shape index (κ2) is 8.44. The van der Waals surface area contributed by atoms with Crippen molar-refractivity contribution in [2.45, 2.75) is 67.7 Å². The molecule has 0 N–H and O–H groups in total. The van der Waals surface area contributed by atoms with Crippen LogP contribution in [0.2, 0.25) is 0 Å². The Labute approximate surface area is 155 Å². The van der Waals surface area contributed by atoms with E-state index in [1.807, 2.05) is 0 Å². The lowest BCUT2D eigenvalue weighted by Gasteiger charge is -2.20. The average molecular weight is 330 g/mol. The standard InChI is InChI=1S/C24H31B/c1-8-9-10-11-12-25(23-19(4)13-17(2)14-20(23)5)24-21(6)15-18(3)16-22(24)7/h13-16H,8-10H2,1-7H3. The Morgan fingerprint density at radius 2 is 1.12 bits per heavy atom. The van der Waals surface area contributed by atoms with Gasteiger partial charge in [-0.2, -0.15) is 0 Å². The predicted molar refractivity (Wildman–Crippen MR) is 114 cm³/mol. The number of hydrogen-bond acceptors (Lipinski definition) is 0. The topological polar surface area (TPSA) is 0 Å². The summed E-state index contributed by atoms with van der Waals surface area (Å²) in [7, 11) is 0. The second-order valence-corrected chi connectivity index (χ2v) is 7.48. The molecule has 0 heterocycles. The van der Waals surface area contributed by atoms with Gasteiger partial charge in [-0.05, 0) is 48.0 Å². The van der Waals surface area contributed by atoms with Crippen LogP contribution in [0.15, 0.2) is 24.3 Å². The van der Waals surface area contributed by atoms with E-state index in [4.69, 9.17) is 0 Å². The first-order chi connectivity index (χ1) is 11.8. The minimum Gasteiger partial charge on any atom is -0.142 e. The van der Waals surface area contributed by atoms with E-state index in [1.54, 1.807) is 0 Å². The molecule has 1 heteroatoms. The van der Waals surface area contributed by atoms with Crippen molar-refractivity contribution >= 4 is 17.6 Å². The maximum absolute atomic E-state index is 3.64. The molecule has 25 heavy (non-hydrogen) atoms. The molecule has 0 nitrogen and oxygen atoms in total. The van der Waals surface area contributed by atoms with Gasteiger partial charge in [-0.25, -0.2) is 0 Å². The largest absolute Gasteiger partial charge is 0.297 e. The van der Waals surface area contributed by atoms with E-state index in [0.29, 0.717) is 0 Å². The summed E-state index contributed by atoms with van der Waals surface area (Å²) >= 11 is 0. The van der Waals surface area contributed by atoms with E-state index in [0.717, 1.165) is 6.42 Å². The number of hydrogen-bond donors (Lipinski definition) is 0. The average Bonchev–Trinajstić information content (AvgIpc) is 2.48. The maximum atomic E-state index is 3.64. The highest BCUT2D eigenvalue weighted by Crippen LogP contribution is 2.12. The lowest BCUT2D eigenvalue weighted by Crippen LogP contribution is -2.46. The summed E-state index contributed by atoms with van der Waals surface area (Å²) in [6.07, 6.45) is 3.36. The molecular formula is C24H31B. The quantitative estimate of drug-likeness (QED) is 0.426. The van der Waals surface area contributed by atoms with Gasteiger partial charge in [-0.1, -0.05) is 81.9 Å².